The van der Waals surface area contributed by atoms with Gasteiger partial charge in [0.25, 0.3) is 6.43 Å². The van der Waals surface area contributed by atoms with Gasteiger partial charge in [-0.05, 0) is 58.6 Å². The molecule has 168 valence electrons. The van der Waals surface area contributed by atoms with Crippen LogP contribution >= 0.6 is 40.2 Å². The predicted octanol–water partition coefficient (Wildman–Crippen LogP) is 6.78. The van der Waals surface area contributed by atoms with Crippen molar-refractivity contribution in [2.75, 3.05) is 16.9 Å². The molecular formula is C20H14F3IN7PS. The molecule has 0 aliphatic rings. The number of thioether (sulfide) groups is 1. The van der Waals surface area contributed by atoms with Crippen molar-refractivity contribution in [1.29, 1.82) is 5.26 Å². The van der Waals surface area contributed by atoms with E-state index in [0.717, 1.165) is 0 Å². The minimum absolute atomic E-state index is 0.0638. The number of alkyl halides is 2. The number of fused-ring (bicyclic) bond motifs is 1. The van der Waals surface area contributed by atoms with Crippen LogP contribution in [0.15, 0.2) is 47.4 Å². The minimum atomic E-state index is -2.78. The second kappa shape index (κ2) is 10.1. The number of imidazole rings is 1. The van der Waals surface area contributed by atoms with E-state index in [4.69, 9.17) is 5.26 Å². The fraction of sp³-hybridized carbons (Fsp3) is 0.100. The van der Waals surface area contributed by atoms with Gasteiger partial charge in [0.05, 0.1) is 17.7 Å². The summed E-state index contributed by atoms with van der Waals surface area (Å²) in [5, 5.41) is 15.3. The van der Waals surface area contributed by atoms with Crippen LogP contribution in [0.25, 0.3) is 11.2 Å². The van der Waals surface area contributed by atoms with Crippen molar-refractivity contribution >= 4 is 74.4 Å². The van der Waals surface area contributed by atoms with Crippen molar-refractivity contribution in [2.45, 2.75) is 11.3 Å². The van der Waals surface area contributed by atoms with Crippen molar-refractivity contribution in [2.24, 2.45) is 0 Å². The Kier molecular flexibility index (Phi) is 7.21. The Morgan fingerprint density at radius 2 is 1.91 bits per heavy atom. The van der Waals surface area contributed by atoms with Crippen LogP contribution in [-0.4, -0.2) is 25.5 Å². The van der Waals surface area contributed by atoms with Crippen LogP contribution in [0, 0.1) is 17.1 Å². The van der Waals surface area contributed by atoms with Crippen LogP contribution in [0.5, 0.6) is 0 Å². The summed E-state index contributed by atoms with van der Waals surface area (Å²) in [4.78, 5) is 13.5. The summed E-state index contributed by atoms with van der Waals surface area (Å²) in [5.74, 6) is -0.0855. The molecule has 3 heterocycles. The third-order valence-electron chi connectivity index (χ3n) is 4.47. The van der Waals surface area contributed by atoms with E-state index in [0.29, 0.717) is 27.9 Å². The fourth-order valence-electron chi connectivity index (χ4n) is 3.06. The summed E-state index contributed by atoms with van der Waals surface area (Å²) in [6.45, 7) is 0. The van der Waals surface area contributed by atoms with E-state index in [9.17, 15) is 13.2 Å². The number of nitriles is 1. The summed E-state index contributed by atoms with van der Waals surface area (Å²) in [6.07, 6.45) is -1.04. The zero-order chi connectivity index (χ0) is 23.5. The maximum Gasteiger partial charge on any atom is 0.295 e. The number of nitrogens with zero attached hydrogens (tertiary/aromatic N) is 5. The Morgan fingerprint density at radius 3 is 2.61 bits per heavy atom. The molecule has 1 aromatic carbocycles. The van der Waals surface area contributed by atoms with E-state index in [1.165, 1.54) is 28.2 Å². The third kappa shape index (κ3) is 5.00. The first-order valence-corrected chi connectivity index (χ1v) is 14.5. The van der Waals surface area contributed by atoms with Crippen molar-refractivity contribution in [1.82, 2.24) is 19.3 Å². The van der Waals surface area contributed by atoms with Gasteiger partial charge in [-0.15, -0.1) is 11.8 Å². The van der Waals surface area contributed by atoms with Gasteiger partial charge in [-0.1, -0.05) is 6.07 Å². The molecular weight excluding hydrogens is 585 g/mol. The van der Waals surface area contributed by atoms with Gasteiger partial charge in [-0.2, -0.15) is 5.26 Å². The summed E-state index contributed by atoms with van der Waals surface area (Å²) in [6, 6.07) is 12.7. The second-order valence-electron chi connectivity index (χ2n) is 6.53. The van der Waals surface area contributed by atoms with E-state index >= 15 is 0 Å². The molecule has 2 N–H and O–H groups in total. The molecule has 0 spiro atoms. The van der Waals surface area contributed by atoms with Gasteiger partial charge in [0.2, 0.25) is 0 Å². The summed E-state index contributed by atoms with van der Waals surface area (Å²) >= 11 is 3.34. The summed E-state index contributed by atoms with van der Waals surface area (Å²) < 4.78 is 42.4. The Morgan fingerprint density at radius 1 is 1.09 bits per heavy atom. The quantitative estimate of drug-likeness (QED) is 0.138. The van der Waals surface area contributed by atoms with Crippen LogP contribution in [0.4, 0.5) is 36.2 Å². The number of hydrogen-bond donors (Lipinski definition) is 2. The first kappa shape index (κ1) is 23.5. The van der Waals surface area contributed by atoms with Crippen molar-refractivity contribution in [3.8, 4) is 6.07 Å². The number of hydrogen-bond acceptors (Lipinski definition) is 7. The molecule has 0 saturated carbocycles. The topological polar surface area (TPSA) is 91.4 Å². The number of halogens is 4. The lowest BCUT2D eigenvalue weighted by Gasteiger charge is -2.13. The van der Waals surface area contributed by atoms with Crippen LogP contribution in [-0.2, 0) is 0 Å². The molecule has 0 aliphatic carbocycles. The average Bonchev–Trinajstić information content (AvgIpc) is 3.19. The molecule has 13 heteroatoms. The monoisotopic (exact) mass is 599 g/mol. The fourth-order valence-corrected chi connectivity index (χ4v) is 5.53. The van der Waals surface area contributed by atoms with E-state index in [-0.39, 0.29) is 34.9 Å². The molecule has 33 heavy (non-hydrogen) atoms. The molecule has 0 fully saturated rings. The number of nitrogens with one attached hydrogen (secondary N) is 2. The van der Waals surface area contributed by atoms with Gasteiger partial charge in [-0.25, -0.2) is 28.1 Å². The first-order chi connectivity index (χ1) is 15.9. The molecule has 0 saturated heterocycles. The zero-order valence-corrected chi connectivity index (χ0v) is 20.7. The second-order valence-corrected chi connectivity index (χ2v) is 9.44. The number of aromatic nitrogens is 4. The van der Waals surface area contributed by atoms with Crippen LogP contribution in [0.3, 0.4) is 0 Å². The first-order valence-electron chi connectivity index (χ1n) is 9.26. The molecule has 7 nitrogen and oxygen atoms in total. The van der Waals surface area contributed by atoms with Gasteiger partial charge < -0.3 is 10.6 Å². The Bertz CT molecular complexity index is 1380. The minimum Gasteiger partial charge on any atom is -0.353 e. The van der Waals surface area contributed by atoms with Crippen LogP contribution in [0.2, 0.25) is 0 Å². The lowest BCUT2D eigenvalue weighted by Crippen LogP contribution is -2.01. The molecule has 0 aliphatic heterocycles. The SMILES string of the molecule is CSc1cc(F)ccc1Nc1cc(Nc2cccc(C#N)n2)nc2c1nc(C(F)F)n2PI. The molecule has 0 radical (unpaired) electrons. The standard InChI is InChI=1S/C20H14F3IN7PS/c1-33-14-7-10(21)5-6-12(14)27-13-8-16(28-15-4-2-3-11(9-25)26-15)29-19-17(13)30-20(18(22)23)31(19)32-24/h2-8,18,32H,1H3,(H2,26,27,28,29). The van der Waals surface area contributed by atoms with E-state index in [2.05, 4.69) is 25.6 Å². The molecule has 3 aromatic heterocycles. The van der Waals surface area contributed by atoms with Gasteiger partial charge in [0, 0.05) is 11.0 Å². The number of rotatable bonds is 7. The molecule has 0 amide bonds. The third-order valence-corrected chi connectivity index (χ3v) is 7.31. The van der Waals surface area contributed by atoms with Gasteiger partial charge >= 0.3 is 0 Å². The highest BCUT2D eigenvalue weighted by Gasteiger charge is 2.23. The highest BCUT2D eigenvalue weighted by Crippen LogP contribution is 2.39. The Balaban J connectivity index is 1.87. The number of anilines is 4. The average molecular weight is 599 g/mol. The predicted molar refractivity (Wildman–Crippen MR) is 134 cm³/mol. The molecule has 0 bridgehead atoms. The van der Waals surface area contributed by atoms with Gasteiger partial charge in [0.15, 0.2) is 11.5 Å². The highest BCUT2D eigenvalue weighted by molar-refractivity contribution is 14.2. The smallest absolute Gasteiger partial charge is 0.295 e. The van der Waals surface area contributed by atoms with Crippen LogP contribution < -0.4 is 10.6 Å². The number of benzene rings is 1. The van der Waals surface area contributed by atoms with Gasteiger partial charge in [0.1, 0.15) is 34.7 Å². The lowest BCUT2D eigenvalue weighted by molar-refractivity contribution is 0.140. The maximum absolute atomic E-state index is 13.7. The highest BCUT2D eigenvalue weighted by atomic mass is 127. The largest absolute Gasteiger partial charge is 0.353 e. The van der Waals surface area contributed by atoms with Crippen LogP contribution in [0.1, 0.15) is 17.9 Å². The van der Waals surface area contributed by atoms with Crippen molar-refractivity contribution in [3.63, 3.8) is 0 Å². The Hall–Kier alpha value is -2.62. The van der Waals surface area contributed by atoms with E-state index in [1.54, 1.807) is 30.3 Å². The molecule has 1 atom stereocenters. The number of pyridine rings is 2. The summed E-state index contributed by atoms with van der Waals surface area (Å²) in [5.41, 5.74) is 1.74. The Labute approximate surface area is 205 Å². The van der Waals surface area contributed by atoms with Gasteiger partial charge in [-0.3, -0.25) is 4.34 Å². The maximum atomic E-state index is 13.7. The molecule has 4 aromatic rings. The van der Waals surface area contributed by atoms with E-state index < -0.39 is 6.43 Å². The van der Waals surface area contributed by atoms with Crippen molar-refractivity contribution in [3.05, 3.63) is 59.8 Å². The van der Waals surface area contributed by atoms with E-state index in [1.807, 2.05) is 34.4 Å². The normalized spacial score (nSPS) is 11.4. The zero-order valence-electron chi connectivity index (χ0n) is 16.8. The lowest BCUT2D eigenvalue weighted by atomic mass is 10.2. The van der Waals surface area contributed by atoms with Crippen molar-refractivity contribution < 1.29 is 13.2 Å². The molecule has 1 unspecified atom stereocenters. The molecule has 4 rings (SSSR count). The summed E-state index contributed by atoms with van der Waals surface area (Å²) in [7, 11) is 0.